The lowest BCUT2D eigenvalue weighted by Crippen LogP contribution is -2.37. The fourth-order valence-corrected chi connectivity index (χ4v) is 1.75. The summed E-state index contributed by atoms with van der Waals surface area (Å²) in [7, 11) is 0. The molecule has 1 aliphatic heterocycles. The molecule has 0 saturated carbocycles. The molecule has 1 aromatic rings. The molecular formula is C11H14F2N2O. The van der Waals surface area contributed by atoms with Gasteiger partial charge in [0.15, 0.2) is 11.6 Å². The molecule has 1 aliphatic rings. The van der Waals surface area contributed by atoms with Crippen LogP contribution in [0.15, 0.2) is 12.1 Å². The highest BCUT2D eigenvalue weighted by Crippen LogP contribution is 2.28. The van der Waals surface area contributed by atoms with Crippen LogP contribution in [-0.4, -0.2) is 19.2 Å². The number of nitrogen functional groups attached to an aromatic ring is 1. The lowest BCUT2D eigenvalue weighted by Gasteiger charge is -2.24. The van der Waals surface area contributed by atoms with Gasteiger partial charge in [-0.3, -0.25) is 0 Å². The molecular weight excluding hydrogens is 214 g/mol. The van der Waals surface area contributed by atoms with Gasteiger partial charge in [0.05, 0.1) is 5.69 Å². The van der Waals surface area contributed by atoms with Crippen molar-refractivity contribution in [1.29, 1.82) is 0 Å². The second kappa shape index (κ2) is 4.65. The van der Waals surface area contributed by atoms with Crippen molar-refractivity contribution in [2.75, 3.05) is 18.8 Å². The minimum atomic E-state index is -1.01. The number of hydrogen-bond acceptors (Lipinski definition) is 3. The van der Waals surface area contributed by atoms with Gasteiger partial charge in [-0.15, -0.1) is 0 Å². The van der Waals surface area contributed by atoms with Crippen LogP contribution in [0.2, 0.25) is 0 Å². The average Bonchev–Trinajstić information content (AvgIpc) is 2.31. The van der Waals surface area contributed by atoms with Gasteiger partial charge in [0.25, 0.3) is 0 Å². The molecule has 16 heavy (non-hydrogen) atoms. The van der Waals surface area contributed by atoms with Gasteiger partial charge in [0, 0.05) is 6.54 Å². The fourth-order valence-electron chi connectivity index (χ4n) is 1.75. The molecule has 0 radical (unpaired) electrons. The predicted molar refractivity (Wildman–Crippen MR) is 57.3 cm³/mol. The summed E-state index contributed by atoms with van der Waals surface area (Å²) in [6.07, 6.45) is 1.64. The van der Waals surface area contributed by atoms with Crippen molar-refractivity contribution in [2.45, 2.75) is 18.9 Å². The Labute approximate surface area is 92.6 Å². The zero-order valence-corrected chi connectivity index (χ0v) is 8.80. The van der Waals surface area contributed by atoms with E-state index in [9.17, 15) is 8.78 Å². The highest BCUT2D eigenvalue weighted by atomic mass is 19.2. The van der Waals surface area contributed by atoms with Crippen LogP contribution in [0.1, 0.15) is 12.8 Å². The molecule has 0 aromatic heterocycles. The van der Waals surface area contributed by atoms with Crippen molar-refractivity contribution in [1.82, 2.24) is 5.32 Å². The molecule has 1 fully saturated rings. The van der Waals surface area contributed by atoms with Crippen molar-refractivity contribution >= 4 is 5.69 Å². The Bertz CT molecular complexity index is 378. The quantitative estimate of drug-likeness (QED) is 0.757. The zero-order chi connectivity index (χ0) is 11.5. The third-order valence-electron chi connectivity index (χ3n) is 2.62. The number of nitrogens with one attached hydrogen (secondary N) is 1. The second-order valence-corrected chi connectivity index (χ2v) is 3.87. The summed E-state index contributed by atoms with van der Waals surface area (Å²) in [5.74, 6) is -2.12. The molecule has 0 amide bonds. The first-order valence-corrected chi connectivity index (χ1v) is 5.29. The van der Waals surface area contributed by atoms with Crippen LogP contribution >= 0.6 is 0 Å². The first-order valence-electron chi connectivity index (χ1n) is 5.29. The molecule has 1 aromatic carbocycles. The smallest absolute Gasteiger partial charge is 0.202 e. The number of halogens is 2. The fraction of sp³-hybridized carbons (Fsp3) is 0.455. The first-order chi connectivity index (χ1) is 7.68. The van der Waals surface area contributed by atoms with Crippen LogP contribution in [0, 0.1) is 11.6 Å². The van der Waals surface area contributed by atoms with Crippen molar-refractivity contribution in [3.63, 3.8) is 0 Å². The van der Waals surface area contributed by atoms with E-state index in [4.69, 9.17) is 10.5 Å². The van der Waals surface area contributed by atoms with E-state index in [-0.39, 0.29) is 17.5 Å². The SMILES string of the molecule is Nc1ccc(F)c(F)c1OC1CCCNC1. The van der Waals surface area contributed by atoms with Crippen LogP contribution in [0.4, 0.5) is 14.5 Å². The number of nitrogens with two attached hydrogens (primary N) is 1. The summed E-state index contributed by atoms with van der Waals surface area (Å²) < 4.78 is 31.8. The Balaban J connectivity index is 2.16. The Hall–Kier alpha value is -1.36. The van der Waals surface area contributed by atoms with Gasteiger partial charge >= 0.3 is 0 Å². The maximum atomic E-state index is 13.4. The van der Waals surface area contributed by atoms with Gasteiger partial charge in [-0.2, -0.15) is 4.39 Å². The van der Waals surface area contributed by atoms with Crippen LogP contribution in [0.3, 0.4) is 0 Å². The number of piperidine rings is 1. The van der Waals surface area contributed by atoms with Crippen molar-refractivity contribution in [3.8, 4) is 5.75 Å². The summed E-state index contributed by atoms with van der Waals surface area (Å²) in [5, 5.41) is 3.13. The largest absolute Gasteiger partial charge is 0.484 e. The molecule has 5 heteroatoms. The number of hydrogen-bond donors (Lipinski definition) is 2. The van der Waals surface area contributed by atoms with Crippen LogP contribution in [0.25, 0.3) is 0 Å². The molecule has 3 N–H and O–H groups in total. The number of ether oxygens (including phenoxy) is 1. The molecule has 0 spiro atoms. The Morgan fingerprint density at radius 3 is 2.88 bits per heavy atom. The molecule has 1 atom stereocenters. The maximum absolute atomic E-state index is 13.4. The standard InChI is InChI=1S/C11H14F2N2O/c12-8-3-4-9(14)11(10(8)13)16-7-2-1-5-15-6-7/h3-4,7,15H,1-2,5-6,14H2. The predicted octanol–water partition coefficient (Wildman–Crippen LogP) is 1.68. The Kier molecular flexibility index (Phi) is 3.24. The average molecular weight is 228 g/mol. The summed E-state index contributed by atoms with van der Waals surface area (Å²) in [5.41, 5.74) is 5.68. The Morgan fingerprint density at radius 2 is 2.19 bits per heavy atom. The van der Waals surface area contributed by atoms with E-state index in [0.717, 1.165) is 25.5 Å². The minimum absolute atomic E-state index is 0.129. The van der Waals surface area contributed by atoms with Gasteiger partial charge in [-0.25, -0.2) is 4.39 Å². The molecule has 1 unspecified atom stereocenters. The van der Waals surface area contributed by atoms with Gasteiger partial charge in [0.1, 0.15) is 6.10 Å². The molecule has 3 nitrogen and oxygen atoms in total. The van der Waals surface area contributed by atoms with Gasteiger partial charge < -0.3 is 15.8 Å². The third-order valence-corrected chi connectivity index (χ3v) is 2.62. The Morgan fingerprint density at radius 1 is 1.38 bits per heavy atom. The van der Waals surface area contributed by atoms with Gasteiger partial charge in [-0.1, -0.05) is 0 Å². The normalized spacial score (nSPS) is 20.8. The number of rotatable bonds is 2. The second-order valence-electron chi connectivity index (χ2n) is 3.87. The first kappa shape index (κ1) is 11.1. The molecule has 1 saturated heterocycles. The third kappa shape index (κ3) is 2.24. The summed E-state index contributed by atoms with van der Waals surface area (Å²) >= 11 is 0. The minimum Gasteiger partial charge on any atom is -0.484 e. The number of anilines is 1. The van der Waals surface area contributed by atoms with Gasteiger partial charge in [-0.05, 0) is 31.5 Å². The van der Waals surface area contributed by atoms with Crippen LogP contribution in [-0.2, 0) is 0 Å². The molecule has 2 rings (SSSR count). The van der Waals surface area contributed by atoms with Crippen molar-refractivity contribution in [2.24, 2.45) is 0 Å². The lowest BCUT2D eigenvalue weighted by molar-refractivity contribution is 0.160. The molecule has 0 aliphatic carbocycles. The summed E-state index contributed by atoms with van der Waals surface area (Å²) in [6.45, 7) is 1.57. The molecule has 0 bridgehead atoms. The van der Waals surface area contributed by atoms with E-state index in [1.165, 1.54) is 6.07 Å². The van der Waals surface area contributed by atoms with E-state index >= 15 is 0 Å². The highest BCUT2D eigenvalue weighted by molar-refractivity contribution is 5.53. The van der Waals surface area contributed by atoms with E-state index in [1.54, 1.807) is 0 Å². The summed E-state index contributed by atoms with van der Waals surface area (Å²) in [4.78, 5) is 0. The van der Waals surface area contributed by atoms with E-state index in [1.807, 2.05) is 0 Å². The highest BCUT2D eigenvalue weighted by Gasteiger charge is 2.19. The molecule has 1 heterocycles. The monoisotopic (exact) mass is 228 g/mol. The van der Waals surface area contributed by atoms with Crippen LogP contribution in [0.5, 0.6) is 5.75 Å². The lowest BCUT2D eigenvalue weighted by atomic mass is 10.1. The van der Waals surface area contributed by atoms with Crippen molar-refractivity contribution in [3.05, 3.63) is 23.8 Å². The van der Waals surface area contributed by atoms with Gasteiger partial charge in [0.2, 0.25) is 5.82 Å². The molecule has 88 valence electrons. The maximum Gasteiger partial charge on any atom is 0.202 e. The topological polar surface area (TPSA) is 47.3 Å². The van der Waals surface area contributed by atoms with Crippen molar-refractivity contribution < 1.29 is 13.5 Å². The summed E-state index contributed by atoms with van der Waals surface area (Å²) in [6, 6.07) is 2.31. The number of benzene rings is 1. The van der Waals surface area contributed by atoms with E-state index in [0.29, 0.717) is 6.54 Å². The van der Waals surface area contributed by atoms with E-state index in [2.05, 4.69) is 5.32 Å². The van der Waals surface area contributed by atoms with E-state index < -0.39 is 11.6 Å². The zero-order valence-electron chi connectivity index (χ0n) is 8.80. The van der Waals surface area contributed by atoms with Crippen LogP contribution < -0.4 is 15.8 Å².